The van der Waals surface area contributed by atoms with Gasteiger partial charge in [0.25, 0.3) is 0 Å². The van der Waals surface area contributed by atoms with Gasteiger partial charge in [-0.15, -0.1) is 0 Å². The second-order valence-electron chi connectivity index (χ2n) is 4.36. The largest absolute Gasteiger partial charge is 0.392 e. The third-order valence-corrected chi connectivity index (χ3v) is 3.61. The Hall–Kier alpha value is -1.43. The molecule has 0 aliphatic heterocycles. The van der Waals surface area contributed by atoms with Gasteiger partial charge < -0.3 is 16.0 Å². The highest BCUT2D eigenvalue weighted by Gasteiger charge is 2.53. The Kier molecular flexibility index (Phi) is 3.15. The molecule has 0 bridgehead atoms. The van der Waals surface area contributed by atoms with Crippen LogP contribution in [0.15, 0.2) is 12.4 Å². The van der Waals surface area contributed by atoms with Gasteiger partial charge in [-0.3, -0.25) is 4.79 Å². The van der Waals surface area contributed by atoms with Gasteiger partial charge in [0, 0.05) is 12.4 Å². The van der Waals surface area contributed by atoms with Crippen LogP contribution in [0.25, 0.3) is 0 Å². The van der Waals surface area contributed by atoms with E-state index in [0.717, 1.165) is 25.1 Å². The van der Waals surface area contributed by atoms with E-state index in [4.69, 9.17) is 18.0 Å². The van der Waals surface area contributed by atoms with Gasteiger partial charge >= 0.3 is 0 Å². The van der Waals surface area contributed by atoms with Crippen LogP contribution in [0.5, 0.6) is 0 Å². The van der Waals surface area contributed by atoms with E-state index in [1.165, 1.54) is 0 Å². The van der Waals surface area contributed by atoms with Crippen LogP contribution < -0.4 is 11.1 Å². The lowest BCUT2D eigenvalue weighted by Crippen LogP contribution is -2.41. The van der Waals surface area contributed by atoms with Crippen molar-refractivity contribution in [3.8, 4) is 0 Å². The zero-order chi connectivity index (χ0) is 12.5. The minimum Gasteiger partial charge on any atom is -0.392 e. The molecule has 6 heteroatoms. The molecule has 4 N–H and O–H groups in total. The van der Waals surface area contributed by atoms with Gasteiger partial charge in [0.15, 0.2) is 0 Å². The van der Waals surface area contributed by atoms with E-state index in [2.05, 4.69) is 15.3 Å². The molecule has 2 rings (SSSR count). The van der Waals surface area contributed by atoms with Crippen molar-refractivity contribution >= 4 is 23.1 Å². The molecule has 92 valence electrons. The van der Waals surface area contributed by atoms with E-state index in [1.807, 2.05) is 6.92 Å². The average molecular weight is 252 g/mol. The van der Waals surface area contributed by atoms with Crippen molar-refractivity contribution in [1.29, 1.82) is 0 Å². The van der Waals surface area contributed by atoms with E-state index >= 15 is 0 Å². The average Bonchev–Trinajstić information content (AvgIpc) is 2.96. The number of nitrogens with two attached hydrogens (primary N) is 1. The molecule has 1 aromatic heterocycles. The molecule has 1 saturated carbocycles. The molecule has 0 spiro atoms. The lowest BCUT2D eigenvalue weighted by molar-refractivity contribution is -0.124. The monoisotopic (exact) mass is 252 g/mol. The van der Waals surface area contributed by atoms with E-state index in [0.29, 0.717) is 4.99 Å². The fourth-order valence-electron chi connectivity index (χ4n) is 1.84. The van der Waals surface area contributed by atoms with Crippen molar-refractivity contribution in [1.82, 2.24) is 15.3 Å². The summed E-state index contributed by atoms with van der Waals surface area (Å²) < 4.78 is 0. The maximum Gasteiger partial charge on any atom is 0.233 e. The van der Waals surface area contributed by atoms with Crippen LogP contribution in [0.1, 0.15) is 38.1 Å². The molecule has 1 unspecified atom stereocenters. The van der Waals surface area contributed by atoms with Gasteiger partial charge in [-0.25, -0.2) is 4.98 Å². The summed E-state index contributed by atoms with van der Waals surface area (Å²) in [5.41, 5.74) is 5.01. The summed E-state index contributed by atoms with van der Waals surface area (Å²) in [6.07, 6.45) is 5.69. The summed E-state index contributed by atoms with van der Waals surface area (Å²) in [5.74, 6) is 0.688. The molecule has 1 amide bonds. The normalized spacial score (nSPS) is 18.4. The highest BCUT2D eigenvalue weighted by molar-refractivity contribution is 7.80. The second kappa shape index (κ2) is 4.44. The lowest BCUT2D eigenvalue weighted by atomic mass is 10.1. The van der Waals surface area contributed by atoms with Crippen LogP contribution in [0.3, 0.4) is 0 Å². The molecule has 1 aliphatic rings. The number of carbonyl (C=O) groups excluding carboxylic acids is 1. The Balaban J connectivity index is 2.05. The number of nitrogens with zero attached hydrogens (tertiary/aromatic N) is 1. The van der Waals surface area contributed by atoms with E-state index < -0.39 is 5.41 Å². The minimum atomic E-state index is -0.602. The molecular formula is C11H16N4OS. The zero-order valence-corrected chi connectivity index (χ0v) is 10.5. The SMILES string of the molecule is CCC(NC(=O)C1(C(N)=S)CC1)c1ncc[nH]1. The van der Waals surface area contributed by atoms with Gasteiger partial charge in [-0.1, -0.05) is 19.1 Å². The fraction of sp³-hybridized carbons (Fsp3) is 0.545. The Morgan fingerprint density at radius 3 is 2.88 bits per heavy atom. The van der Waals surface area contributed by atoms with E-state index in [-0.39, 0.29) is 11.9 Å². The van der Waals surface area contributed by atoms with Gasteiger partial charge in [0.1, 0.15) is 5.82 Å². The number of aromatic nitrogens is 2. The molecule has 1 atom stereocenters. The number of rotatable bonds is 5. The predicted molar refractivity (Wildman–Crippen MR) is 68.2 cm³/mol. The van der Waals surface area contributed by atoms with Gasteiger partial charge in [-0.05, 0) is 19.3 Å². The second-order valence-corrected chi connectivity index (χ2v) is 4.79. The number of thiocarbonyl (C=S) groups is 1. The number of imidazole rings is 1. The Labute approximate surface area is 105 Å². The van der Waals surface area contributed by atoms with Crippen LogP contribution in [0, 0.1) is 5.41 Å². The van der Waals surface area contributed by atoms with Crippen molar-refractivity contribution in [3.05, 3.63) is 18.2 Å². The van der Waals surface area contributed by atoms with Crippen LogP contribution in [-0.2, 0) is 4.79 Å². The first-order chi connectivity index (χ1) is 8.10. The number of carbonyl (C=O) groups is 1. The zero-order valence-electron chi connectivity index (χ0n) is 9.69. The van der Waals surface area contributed by atoms with E-state index in [1.54, 1.807) is 12.4 Å². The summed E-state index contributed by atoms with van der Waals surface area (Å²) in [6.45, 7) is 1.99. The number of amides is 1. The molecule has 1 fully saturated rings. The lowest BCUT2D eigenvalue weighted by Gasteiger charge is -2.19. The summed E-state index contributed by atoms with van der Waals surface area (Å²) >= 11 is 4.95. The molecule has 0 saturated heterocycles. The van der Waals surface area contributed by atoms with Crippen LogP contribution in [0.4, 0.5) is 0 Å². The smallest absolute Gasteiger partial charge is 0.233 e. The van der Waals surface area contributed by atoms with Gasteiger partial charge in [0.2, 0.25) is 5.91 Å². The van der Waals surface area contributed by atoms with Crippen molar-refractivity contribution in [2.45, 2.75) is 32.2 Å². The molecular weight excluding hydrogens is 236 g/mol. The Bertz CT molecular complexity index is 425. The van der Waals surface area contributed by atoms with Gasteiger partial charge in [-0.2, -0.15) is 0 Å². The molecule has 5 nitrogen and oxygen atoms in total. The molecule has 1 aliphatic carbocycles. The maximum atomic E-state index is 12.1. The van der Waals surface area contributed by atoms with Crippen molar-refractivity contribution in [2.75, 3.05) is 0 Å². The first kappa shape index (κ1) is 12.0. The highest BCUT2D eigenvalue weighted by atomic mass is 32.1. The molecule has 0 aromatic carbocycles. The highest BCUT2D eigenvalue weighted by Crippen LogP contribution is 2.46. The topological polar surface area (TPSA) is 83.8 Å². The first-order valence-electron chi connectivity index (χ1n) is 5.70. The van der Waals surface area contributed by atoms with Crippen LogP contribution in [0.2, 0.25) is 0 Å². The molecule has 17 heavy (non-hydrogen) atoms. The van der Waals surface area contributed by atoms with Crippen molar-refractivity contribution in [3.63, 3.8) is 0 Å². The van der Waals surface area contributed by atoms with Gasteiger partial charge in [0.05, 0.1) is 16.4 Å². The molecule has 0 radical (unpaired) electrons. The molecule has 1 heterocycles. The number of aromatic amines is 1. The summed E-state index contributed by atoms with van der Waals surface area (Å²) in [4.78, 5) is 19.6. The summed E-state index contributed by atoms with van der Waals surface area (Å²) in [7, 11) is 0. The first-order valence-corrected chi connectivity index (χ1v) is 6.11. The Morgan fingerprint density at radius 1 is 1.76 bits per heavy atom. The van der Waals surface area contributed by atoms with Crippen LogP contribution in [-0.4, -0.2) is 20.9 Å². The summed E-state index contributed by atoms with van der Waals surface area (Å²) in [5, 5.41) is 2.95. The third-order valence-electron chi connectivity index (χ3n) is 3.22. The number of nitrogens with one attached hydrogen (secondary N) is 2. The quantitative estimate of drug-likeness (QED) is 0.684. The maximum absolute atomic E-state index is 12.1. The fourth-order valence-corrected chi connectivity index (χ4v) is 2.14. The number of H-pyrrole nitrogens is 1. The van der Waals surface area contributed by atoms with Crippen LogP contribution >= 0.6 is 12.2 Å². The molecule has 1 aromatic rings. The predicted octanol–water partition coefficient (Wildman–Crippen LogP) is 1.04. The Morgan fingerprint density at radius 2 is 2.47 bits per heavy atom. The van der Waals surface area contributed by atoms with Crippen molar-refractivity contribution < 1.29 is 4.79 Å². The standard InChI is InChI=1S/C11H16N4OS/c1-2-7(8-13-5-6-14-8)15-10(16)11(3-4-11)9(12)17/h5-7H,2-4H2,1H3,(H2,12,17)(H,13,14)(H,15,16). The van der Waals surface area contributed by atoms with Crippen molar-refractivity contribution in [2.24, 2.45) is 11.1 Å². The third kappa shape index (κ3) is 2.17. The minimum absolute atomic E-state index is 0.0757. The number of hydrogen-bond donors (Lipinski definition) is 3. The van der Waals surface area contributed by atoms with E-state index in [9.17, 15) is 4.79 Å². The summed E-state index contributed by atoms with van der Waals surface area (Å²) in [6, 6.07) is -0.107. The number of hydrogen-bond acceptors (Lipinski definition) is 3.